The van der Waals surface area contributed by atoms with Gasteiger partial charge >= 0.3 is 0 Å². The molecule has 0 aromatic carbocycles. The van der Waals surface area contributed by atoms with Crippen LogP contribution in [0.2, 0.25) is 0 Å². The van der Waals surface area contributed by atoms with Gasteiger partial charge in [-0.15, -0.1) is 0 Å². The van der Waals surface area contributed by atoms with Crippen LogP contribution in [0.15, 0.2) is 30.6 Å². The predicted molar refractivity (Wildman–Crippen MR) is 54.4 cm³/mol. The second-order valence-corrected chi connectivity index (χ2v) is 3.73. The molecule has 1 aliphatic rings. The van der Waals surface area contributed by atoms with Gasteiger partial charge in [-0.1, -0.05) is 0 Å². The Labute approximate surface area is 87.4 Å². The topological polar surface area (TPSA) is 35.8 Å². The van der Waals surface area contributed by atoms with Gasteiger partial charge in [0.2, 0.25) is 0 Å². The van der Waals surface area contributed by atoms with Crippen molar-refractivity contribution in [1.82, 2.24) is 9.61 Å². The molecule has 2 aromatic rings. The molecular weight excluding hydrogens is 192 g/mol. The van der Waals surface area contributed by atoms with Crippen LogP contribution in [0.3, 0.4) is 0 Å². The molecule has 3 rings (SSSR count). The van der Waals surface area contributed by atoms with Crippen molar-refractivity contribution >= 4 is 5.52 Å². The molecule has 0 radical (unpaired) electrons. The molecule has 0 aliphatic carbocycles. The highest BCUT2D eigenvalue weighted by atomic mass is 16.7. The van der Waals surface area contributed by atoms with Crippen LogP contribution in [0.25, 0.3) is 5.52 Å². The summed E-state index contributed by atoms with van der Waals surface area (Å²) in [6.07, 6.45) is 3.69. The summed E-state index contributed by atoms with van der Waals surface area (Å²) in [4.78, 5) is 0. The summed E-state index contributed by atoms with van der Waals surface area (Å²) >= 11 is 0. The van der Waals surface area contributed by atoms with E-state index in [9.17, 15) is 0 Å². The molecule has 1 saturated heterocycles. The largest absolute Gasteiger partial charge is 0.344 e. The van der Waals surface area contributed by atoms with Crippen molar-refractivity contribution in [2.24, 2.45) is 0 Å². The molecule has 4 heteroatoms. The number of hydrogen-bond donors (Lipinski definition) is 0. The lowest BCUT2D eigenvalue weighted by Gasteiger charge is -2.23. The Morgan fingerprint density at radius 3 is 2.93 bits per heavy atom. The molecule has 0 atom stereocenters. The van der Waals surface area contributed by atoms with Crippen molar-refractivity contribution < 1.29 is 9.47 Å². The second kappa shape index (κ2) is 3.05. The van der Waals surface area contributed by atoms with E-state index in [0.717, 1.165) is 11.1 Å². The van der Waals surface area contributed by atoms with E-state index in [-0.39, 0.29) is 0 Å². The first-order valence-corrected chi connectivity index (χ1v) is 5.00. The van der Waals surface area contributed by atoms with Gasteiger partial charge in [0.15, 0.2) is 5.79 Å². The normalized spacial score (nSPS) is 19.8. The lowest BCUT2D eigenvalue weighted by atomic mass is 10.1. The van der Waals surface area contributed by atoms with Gasteiger partial charge in [-0.25, -0.2) is 4.52 Å². The Bertz CT molecular complexity index is 486. The Morgan fingerprint density at radius 1 is 1.33 bits per heavy atom. The molecule has 1 aliphatic heterocycles. The highest BCUT2D eigenvalue weighted by Gasteiger charge is 2.34. The summed E-state index contributed by atoms with van der Waals surface area (Å²) < 4.78 is 13.1. The molecule has 2 aromatic heterocycles. The average Bonchev–Trinajstić information content (AvgIpc) is 2.85. The SMILES string of the molecule is CC1(c2cccn3nccc23)OCCO1. The van der Waals surface area contributed by atoms with Gasteiger partial charge in [0.25, 0.3) is 0 Å². The third kappa shape index (κ3) is 1.26. The fourth-order valence-electron chi connectivity index (χ4n) is 2.01. The van der Waals surface area contributed by atoms with E-state index in [1.807, 2.05) is 35.8 Å². The van der Waals surface area contributed by atoms with Crippen molar-refractivity contribution in [1.29, 1.82) is 0 Å². The van der Waals surface area contributed by atoms with Gasteiger partial charge in [-0.2, -0.15) is 5.10 Å². The van der Waals surface area contributed by atoms with Crippen LogP contribution < -0.4 is 0 Å². The van der Waals surface area contributed by atoms with Crippen LogP contribution in [0.4, 0.5) is 0 Å². The molecule has 4 nitrogen and oxygen atoms in total. The Hall–Kier alpha value is -1.39. The second-order valence-electron chi connectivity index (χ2n) is 3.73. The van der Waals surface area contributed by atoms with Crippen LogP contribution >= 0.6 is 0 Å². The highest BCUT2D eigenvalue weighted by molar-refractivity contribution is 5.55. The lowest BCUT2D eigenvalue weighted by molar-refractivity contribution is -0.148. The third-order valence-electron chi connectivity index (χ3n) is 2.76. The number of ether oxygens (including phenoxy) is 2. The summed E-state index contributed by atoms with van der Waals surface area (Å²) in [6, 6.07) is 5.93. The molecule has 0 amide bonds. The highest BCUT2D eigenvalue weighted by Crippen LogP contribution is 2.33. The smallest absolute Gasteiger partial charge is 0.194 e. The van der Waals surface area contributed by atoms with Gasteiger partial charge in [-0.3, -0.25) is 0 Å². The van der Waals surface area contributed by atoms with Crippen molar-refractivity contribution in [3.05, 3.63) is 36.2 Å². The van der Waals surface area contributed by atoms with E-state index in [0.29, 0.717) is 13.2 Å². The maximum atomic E-state index is 5.64. The van der Waals surface area contributed by atoms with E-state index in [4.69, 9.17) is 9.47 Å². The van der Waals surface area contributed by atoms with Crippen LogP contribution in [0.5, 0.6) is 0 Å². The molecular formula is C11H12N2O2. The molecule has 1 fully saturated rings. The van der Waals surface area contributed by atoms with E-state index < -0.39 is 5.79 Å². The maximum Gasteiger partial charge on any atom is 0.194 e. The molecule has 0 saturated carbocycles. The van der Waals surface area contributed by atoms with Gasteiger partial charge in [-0.05, 0) is 25.1 Å². The molecule has 0 N–H and O–H groups in total. The molecule has 15 heavy (non-hydrogen) atoms. The van der Waals surface area contributed by atoms with Crippen LogP contribution in [-0.2, 0) is 15.3 Å². The van der Waals surface area contributed by atoms with Gasteiger partial charge in [0.1, 0.15) is 0 Å². The minimum absolute atomic E-state index is 0.622. The summed E-state index contributed by atoms with van der Waals surface area (Å²) in [7, 11) is 0. The quantitative estimate of drug-likeness (QED) is 0.707. The van der Waals surface area contributed by atoms with E-state index in [1.165, 1.54) is 0 Å². The lowest BCUT2D eigenvalue weighted by Crippen LogP contribution is -2.23. The average molecular weight is 204 g/mol. The molecule has 0 unspecified atom stereocenters. The zero-order valence-corrected chi connectivity index (χ0v) is 8.51. The summed E-state index contributed by atoms with van der Waals surface area (Å²) in [6.45, 7) is 3.24. The third-order valence-corrected chi connectivity index (χ3v) is 2.76. The number of pyridine rings is 1. The standard InChI is InChI=1S/C11H12N2O2/c1-11(14-7-8-15-11)9-3-2-6-13-10(9)4-5-12-13/h2-6H,7-8H2,1H3. The number of rotatable bonds is 1. The van der Waals surface area contributed by atoms with Crippen molar-refractivity contribution in [3.63, 3.8) is 0 Å². The molecule has 78 valence electrons. The number of nitrogens with zero attached hydrogens (tertiary/aromatic N) is 2. The van der Waals surface area contributed by atoms with Crippen molar-refractivity contribution in [2.75, 3.05) is 13.2 Å². The number of hydrogen-bond acceptors (Lipinski definition) is 3. The monoisotopic (exact) mass is 204 g/mol. The first kappa shape index (κ1) is 8.88. The van der Waals surface area contributed by atoms with Crippen LogP contribution in [-0.4, -0.2) is 22.8 Å². The maximum absolute atomic E-state index is 5.64. The van der Waals surface area contributed by atoms with Crippen LogP contribution in [0.1, 0.15) is 12.5 Å². The first-order valence-electron chi connectivity index (χ1n) is 5.00. The van der Waals surface area contributed by atoms with Gasteiger partial charge in [0.05, 0.1) is 18.7 Å². The van der Waals surface area contributed by atoms with Crippen molar-refractivity contribution in [2.45, 2.75) is 12.7 Å². The summed E-state index contributed by atoms with van der Waals surface area (Å²) in [5.74, 6) is -0.622. The summed E-state index contributed by atoms with van der Waals surface area (Å²) in [5, 5.41) is 4.19. The van der Waals surface area contributed by atoms with E-state index in [1.54, 1.807) is 6.20 Å². The Balaban J connectivity index is 2.21. The van der Waals surface area contributed by atoms with Gasteiger partial charge < -0.3 is 9.47 Å². The molecule has 0 spiro atoms. The van der Waals surface area contributed by atoms with Gasteiger partial charge in [0, 0.05) is 18.0 Å². The van der Waals surface area contributed by atoms with Crippen molar-refractivity contribution in [3.8, 4) is 0 Å². The summed E-state index contributed by atoms with van der Waals surface area (Å²) in [5.41, 5.74) is 2.06. The fourth-order valence-corrected chi connectivity index (χ4v) is 2.01. The first-order chi connectivity index (χ1) is 7.30. The Morgan fingerprint density at radius 2 is 2.13 bits per heavy atom. The molecule has 0 bridgehead atoms. The number of fused-ring (bicyclic) bond motifs is 1. The zero-order valence-electron chi connectivity index (χ0n) is 8.51. The minimum Gasteiger partial charge on any atom is -0.344 e. The van der Waals surface area contributed by atoms with E-state index >= 15 is 0 Å². The predicted octanol–water partition coefficient (Wildman–Crippen LogP) is 1.55. The molecule has 3 heterocycles. The minimum atomic E-state index is -0.622. The van der Waals surface area contributed by atoms with E-state index in [2.05, 4.69) is 5.10 Å². The fraction of sp³-hybridized carbons (Fsp3) is 0.364. The Kier molecular flexibility index (Phi) is 1.81. The zero-order chi connectivity index (χ0) is 10.3. The number of aromatic nitrogens is 2. The van der Waals surface area contributed by atoms with Crippen LogP contribution in [0, 0.1) is 0 Å².